The average molecular weight is 308 g/mol. The fourth-order valence-corrected chi connectivity index (χ4v) is 1.63. The summed E-state index contributed by atoms with van der Waals surface area (Å²) in [6, 6.07) is 5.93. The molecule has 2 rings (SSSR count). The van der Waals surface area contributed by atoms with Crippen LogP contribution in [0.15, 0.2) is 30.3 Å². The summed E-state index contributed by atoms with van der Waals surface area (Å²) in [6.07, 6.45) is -4.36. The van der Waals surface area contributed by atoms with Crippen LogP contribution in [-0.4, -0.2) is 10.2 Å². The largest absolute Gasteiger partial charge is 0.416 e. The molecule has 0 amide bonds. The first-order chi connectivity index (χ1) is 8.86. The van der Waals surface area contributed by atoms with Crippen molar-refractivity contribution in [3.8, 4) is 0 Å². The molecule has 1 aromatic heterocycles. The molecule has 0 aliphatic carbocycles. The van der Waals surface area contributed by atoms with Crippen molar-refractivity contribution in [3.05, 3.63) is 46.2 Å². The molecule has 0 spiro atoms. The van der Waals surface area contributed by atoms with E-state index in [1.165, 1.54) is 18.2 Å². The molecule has 0 unspecified atom stereocenters. The summed E-state index contributed by atoms with van der Waals surface area (Å²) in [5, 5.41) is 10.1. The van der Waals surface area contributed by atoms with Crippen LogP contribution in [0.3, 0.4) is 0 Å². The van der Waals surface area contributed by atoms with Gasteiger partial charge in [-0.25, -0.2) is 0 Å². The van der Waals surface area contributed by atoms with E-state index in [0.29, 0.717) is 11.4 Å². The van der Waals surface area contributed by atoms with Gasteiger partial charge in [0.25, 0.3) is 0 Å². The molecule has 0 aliphatic rings. The molecule has 1 heterocycles. The third-order valence-corrected chi connectivity index (χ3v) is 2.67. The standard InChI is InChI=1S/C11H6Cl2F3N3/c12-9-5-8(10(13)19-18-9)17-7-3-1-6(2-4-7)11(14,15)16/h1-5H,(H,17,18). The van der Waals surface area contributed by atoms with Gasteiger partial charge in [-0.2, -0.15) is 13.2 Å². The molecule has 0 atom stereocenters. The first-order valence-electron chi connectivity index (χ1n) is 4.99. The van der Waals surface area contributed by atoms with Crippen LogP contribution in [0.2, 0.25) is 10.3 Å². The molecule has 0 saturated heterocycles. The molecule has 100 valence electrons. The number of nitrogens with zero attached hydrogens (tertiary/aromatic N) is 2. The number of benzene rings is 1. The number of hydrogen-bond donors (Lipinski definition) is 1. The zero-order valence-electron chi connectivity index (χ0n) is 9.17. The number of nitrogens with one attached hydrogen (secondary N) is 1. The highest BCUT2D eigenvalue weighted by molar-refractivity contribution is 6.33. The second kappa shape index (κ2) is 5.22. The molecule has 0 radical (unpaired) electrons. The molecule has 0 bridgehead atoms. The monoisotopic (exact) mass is 307 g/mol. The van der Waals surface area contributed by atoms with Crippen LogP contribution in [0.1, 0.15) is 5.56 Å². The third kappa shape index (κ3) is 3.48. The summed E-state index contributed by atoms with van der Waals surface area (Å²) in [5.74, 6) is 0. The van der Waals surface area contributed by atoms with Crippen molar-refractivity contribution in [1.82, 2.24) is 10.2 Å². The van der Waals surface area contributed by atoms with E-state index in [4.69, 9.17) is 23.2 Å². The van der Waals surface area contributed by atoms with E-state index >= 15 is 0 Å². The molecule has 8 heteroatoms. The Labute approximate surface area is 116 Å². The highest BCUT2D eigenvalue weighted by Gasteiger charge is 2.29. The number of hydrogen-bond acceptors (Lipinski definition) is 3. The smallest absolute Gasteiger partial charge is 0.353 e. The highest BCUT2D eigenvalue weighted by atomic mass is 35.5. The molecular weight excluding hydrogens is 302 g/mol. The molecule has 3 nitrogen and oxygen atoms in total. The minimum absolute atomic E-state index is 0.0734. The summed E-state index contributed by atoms with van der Waals surface area (Å²) in [5.41, 5.74) is 0.0652. The Kier molecular flexibility index (Phi) is 3.82. The van der Waals surface area contributed by atoms with Crippen LogP contribution < -0.4 is 5.32 Å². The van der Waals surface area contributed by atoms with Crippen LogP contribution in [0.4, 0.5) is 24.5 Å². The number of alkyl halides is 3. The second-order valence-electron chi connectivity index (χ2n) is 3.57. The summed E-state index contributed by atoms with van der Waals surface area (Å²) in [4.78, 5) is 0. The van der Waals surface area contributed by atoms with E-state index in [2.05, 4.69) is 15.5 Å². The summed E-state index contributed by atoms with van der Waals surface area (Å²) in [6.45, 7) is 0. The Morgan fingerprint density at radius 2 is 1.63 bits per heavy atom. The predicted octanol–water partition coefficient (Wildman–Crippen LogP) is 4.55. The second-order valence-corrected chi connectivity index (χ2v) is 4.32. The molecular formula is C11H6Cl2F3N3. The van der Waals surface area contributed by atoms with Crippen molar-refractivity contribution in [2.75, 3.05) is 5.32 Å². The molecule has 19 heavy (non-hydrogen) atoms. The van der Waals surface area contributed by atoms with Gasteiger partial charge in [0.2, 0.25) is 0 Å². The Morgan fingerprint density at radius 3 is 2.21 bits per heavy atom. The Bertz CT molecular complexity index is 585. The van der Waals surface area contributed by atoms with Gasteiger partial charge in [-0.3, -0.25) is 0 Å². The summed E-state index contributed by atoms with van der Waals surface area (Å²) in [7, 11) is 0. The fourth-order valence-electron chi connectivity index (χ4n) is 1.34. The van der Waals surface area contributed by atoms with Crippen LogP contribution in [0.5, 0.6) is 0 Å². The first-order valence-corrected chi connectivity index (χ1v) is 5.75. The lowest BCUT2D eigenvalue weighted by molar-refractivity contribution is -0.137. The molecule has 0 aliphatic heterocycles. The quantitative estimate of drug-likeness (QED) is 0.884. The topological polar surface area (TPSA) is 37.8 Å². The van der Waals surface area contributed by atoms with Crippen molar-refractivity contribution in [1.29, 1.82) is 0 Å². The van der Waals surface area contributed by atoms with Crippen molar-refractivity contribution in [2.45, 2.75) is 6.18 Å². The molecule has 1 aromatic carbocycles. The van der Waals surface area contributed by atoms with Crippen LogP contribution in [-0.2, 0) is 6.18 Å². The average Bonchev–Trinajstić information content (AvgIpc) is 2.33. The van der Waals surface area contributed by atoms with Gasteiger partial charge in [-0.05, 0) is 24.3 Å². The summed E-state index contributed by atoms with van der Waals surface area (Å²) >= 11 is 11.4. The number of halogens is 5. The molecule has 2 aromatic rings. The number of anilines is 2. The van der Waals surface area contributed by atoms with Gasteiger partial charge < -0.3 is 5.32 Å². The van der Waals surface area contributed by atoms with Gasteiger partial charge in [0.1, 0.15) is 0 Å². The number of aromatic nitrogens is 2. The Morgan fingerprint density at radius 1 is 1.00 bits per heavy atom. The van der Waals surface area contributed by atoms with Crippen LogP contribution >= 0.6 is 23.2 Å². The van der Waals surface area contributed by atoms with Crippen molar-refractivity contribution in [2.24, 2.45) is 0 Å². The summed E-state index contributed by atoms with van der Waals surface area (Å²) < 4.78 is 37.2. The highest BCUT2D eigenvalue weighted by Crippen LogP contribution is 2.31. The Balaban J connectivity index is 2.22. The Hall–Kier alpha value is -1.53. The third-order valence-electron chi connectivity index (χ3n) is 2.21. The van der Waals surface area contributed by atoms with Gasteiger partial charge >= 0.3 is 6.18 Å². The normalized spacial score (nSPS) is 11.4. The predicted molar refractivity (Wildman–Crippen MR) is 66.8 cm³/mol. The van der Waals surface area contributed by atoms with Gasteiger partial charge in [0.05, 0.1) is 11.3 Å². The zero-order chi connectivity index (χ0) is 14.0. The van der Waals surface area contributed by atoms with Gasteiger partial charge in [-0.1, -0.05) is 23.2 Å². The lowest BCUT2D eigenvalue weighted by Crippen LogP contribution is -2.04. The van der Waals surface area contributed by atoms with E-state index in [-0.39, 0.29) is 10.3 Å². The molecule has 0 saturated carbocycles. The lowest BCUT2D eigenvalue weighted by Gasteiger charge is -2.10. The number of rotatable bonds is 2. The lowest BCUT2D eigenvalue weighted by atomic mass is 10.2. The zero-order valence-corrected chi connectivity index (χ0v) is 10.7. The molecule has 1 N–H and O–H groups in total. The maximum atomic E-state index is 12.4. The van der Waals surface area contributed by atoms with E-state index < -0.39 is 11.7 Å². The minimum atomic E-state index is -4.36. The first kappa shape index (κ1) is 13.9. The van der Waals surface area contributed by atoms with Crippen LogP contribution in [0, 0.1) is 0 Å². The van der Waals surface area contributed by atoms with E-state index in [0.717, 1.165) is 12.1 Å². The minimum Gasteiger partial charge on any atom is -0.353 e. The van der Waals surface area contributed by atoms with Crippen LogP contribution in [0.25, 0.3) is 0 Å². The van der Waals surface area contributed by atoms with Crippen molar-refractivity contribution in [3.63, 3.8) is 0 Å². The fraction of sp³-hybridized carbons (Fsp3) is 0.0909. The van der Waals surface area contributed by atoms with Crippen molar-refractivity contribution >= 4 is 34.6 Å². The SMILES string of the molecule is FC(F)(F)c1ccc(Nc2cc(Cl)nnc2Cl)cc1. The maximum absolute atomic E-state index is 12.4. The van der Waals surface area contributed by atoms with Gasteiger partial charge in [-0.15, -0.1) is 10.2 Å². The van der Waals surface area contributed by atoms with Gasteiger partial charge in [0, 0.05) is 11.8 Å². The maximum Gasteiger partial charge on any atom is 0.416 e. The molecule has 0 fully saturated rings. The van der Waals surface area contributed by atoms with Gasteiger partial charge in [0.15, 0.2) is 10.3 Å². The van der Waals surface area contributed by atoms with E-state index in [1.54, 1.807) is 0 Å². The van der Waals surface area contributed by atoms with E-state index in [1.807, 2.05) is 0 Å². The van der Waals surface area contributed by atoms with Crippen molar-refractivity contribution < 1.29 is 13.2 Å². The van der Waals surface area contributed by atoms with E-state index in [9.17, 15) is 13.2 Å².